The van der Waals surface area contributed by atoms with Gasteiger partial charge >= 0.3 is 0 Å². The van der Waals surface area contributed by atoms with E-state index >= 15 is 0 Å². The lowest BCUT2D eigenvalue weighted by Gasteiger charge is -2.29. The summed E-state index contributed by atoms with van der Waals surface area (Å²) in [5, 5.41) is 3.12. The van der Waals surface area contributed by atoms with E-state index in [1.807, 2.05) is 6.92 Å². The molecule has 1 aliphatic heterocycles. The van der Waals surface area contributed by atoms with Crippen molar-refractivity contribution in [1.82, 2.24) is 13.9 Å². The summed E-state index contributed by atoms with van der Waals surface area (Å²) in [5.41, 5.74) is 0. The molecular formula is C7H17N3O2S. The van der Waals surface area contributed by atoms with Crippen LogP contribution >= 0.6 is 0 Å². The lowest BCUT2D eigenvalue weighted by atomic mass is 10.4. The average molecular weight is 207 g/mol. The van der Waals surface area contributed by atoms with E-state index in [1.54, 1.807) is 7.05 Å². The Morgan fingerprint density at radius 2 is 1.92 bits per heavy atom. The van der Waals surface area contributed by atoms with Gasteiger partial charge in [0.1, 0.15) is 0 Å². The fourth-order valence-corrected chi connectivity index (χ4v) is 2.60. The van der Waals surface area contributed by atoms with Crippen LogP contribution in [0, 0.1) is 0 Å². The van der Waals surface area contributed by atoms with Crippen LogP contribution < -0.4 is 5.32 Å². The lowest BCUT2D eigenvalue weighted by molar-refractivity contribution is 0.329. The Bertz CT molecular complexity index is 246. The molecule has 1 heterocycles. The lowest BCUT2D eigenvalue weighted by Crippen LogP contribution is -2.50. The van der Waals surface area contributed by atoms with Crippen molar-refractivity contribution in [3.05, 3.63) is 0 Å². The topological polar surface area (TPSA) is 52.7 Å². The third kappa shape index (κ3) is 2.40. The smallest absolute Gasteiger partial charge is 0.281 e. The quantitative estimate of drug-likeness (QED) is 0.652. The van der Waals surface area contributed by atoms with Crippen molar-refractivity contribution in [2.24, 2.45) is 0 Å². The highest BCUT2D eigenvalue weighted by molar-refractivity contribution is 7.86. The van der Waals surface area contributed by atoms with Gasteiger partial charge in [0.05, 0.1) is 0 Å². The van der Waals surface area contributed by atoms with Gasteiger partial charge < -0.3 is 5.32 Å². The number of hydrogen-bond acceptors (Lipinski definition) is 3. The minimum Gasteiger partial charge on any atom is -0.314 e. The molecule has 0 aromatic carbocycles. The summed E-state index contributed by atoms with van der Waals surface area (Å²) in [7, 11) is -1.58. The van der Waals surface area contributed by atoms with Crippen LogP contribution in [0.4, 0.5) is 0 Å². The zero-order valence-corrected chi connectivity index (χ0v) is 8.97. The summed E-state index contributed by atoms with van der Waals surface area (Å²) in [6.45, 7) is 5.00. The number of hydrogen-bond donors (Lipinski definition) is 1. The number of nitrogens with zero attached hydrogens (tertiary/aromatic N) is 2. The van der Waals surface area contributed by atoms with Gasteiger partial charge in [0.15, 0.2) is 0 Å². The molecule has 0 atom stereocenters. The zero-order chi connectivity index (χ0) is 9.90. The first-order valence-corrected chi connectivity index (χ1v) is 5.91. The molecule has 0 aromatic heterocycles. The van der Waals surface area contributed by atoms with Crippen LogP contribution in [0.5, 0.6) is 0 Å². The van der Waals surface area contributed by atoms with Crippen molar-refractivity contribution in [3.63, 3.8) is 0 Å². The normalized spacial score (nSPS) is 20.8. The van der Waals surface area contributed by atoms with Crippen molar-refractivity contribution >= 4 is 10.2 Å². The summed E-state index contributed by atoms with van der Waals surface area (Å²) in [5.74, 6) is 0. The van der Waals surface area contributed by atoms with Crippen LogP contribution in [0.3, 0.4) is 0 Å². The Labute approximate surface area is 79.9 Å². The average Bonchev–Trinajstić information content (AvgIpc) is 2.18. The van der Waals surface area contributed by atoms with E-state index in [0.29, 0.717) is 19.6 Å². The van der Waals surface area contributed by atoms with Gasteiger partial charge in [0.2, 0.25) is 0 Å². The molecule has 1 aliphatic rings. The maximum absolute atomic E-state index is 11.7. The van der Waals surface area contributed by atoms with Gasteiger partial charge in [-0.3, -0.25) is 0 Å². The predicted octanol–water partition coefficient (Wildman–Crippen LogP) is -0.912. The van der Waals surface area contributed by atoms with E-state index in [2.05, 4.69) is 5.32 Å². The molecule has 0 amide bonds. The summed E-state index contributed by atoms with van der Waals surface area (Å²) in [4.78, 5) is 0. The highest BCUT2D eigenvalue weighted by Crippen LogP contribution is 2.06. The predicted molar refractivity (Wildman–Crippen MR) is 51.7 cm³/mol. The first-order chi connectivity index (χ1) is 6.09. The second-order valence-electron chi connectivity index (χ2n) is 3.07. The minimum atomic E-state index is -3.19. The van der Waals surface area contributed by atoms with Crippen molar-refractivity contribution in [1.29, 1.82) is 0 Å². The SMILES string of the molecule is CCN(C)S(=O)(=O)N1CCNCC1. The molecule has 0 aromatic rings. The molecule has 78 valence electrons. The number of piperazine rings is 1. The van der Waals surface area contributed by atoms with Crippen molar-refractivity contribution < 1.29 is 8.42 Å². The molecule has 0 unspecified atom stereocenters. The van der Waals surface area contributed by atoms with Gasteiger partial charge in [0.25, 0.3) is 10.2 Å². The standard InChI is InChI=1S/C7H17N3O2S/c1-3-9(2)13(11,12)10-6-4-8-5-7-10/h8H,3-7H2,1-2H3. The van der Waals surface area contributed by atoms with Gasteiger partial charge in [-0.25, -0.2) is 0 Å². The Hall–Kier alpha value is -0.170. The first kappa shape index (κ1) is 10.9. The van der Waals surface area contributed by atoms with Gasteiger partial charge in [0, 0.05) is 39.8 Å². The van der Waals surface area contributed by atoms with Gasteiger partial charge in [-0.2, -0.15) is 17.0 Å². The van der Waals surface area contributed by atoms with Crippen LogP contribution in [0.15, 0.2) is 0 Å². The first-order valence-electron chi connectivity index (χ1n) is 4.51. The minimum absolute atomic E-state index is 0.520. The molecule has 0 saturated carbocycles. The maximum Gasteiger partial charge on any atom is 0.281 e. The third-order valence-electron chi connectivity index (χ3n) is 2.24. The van der Waals surface area contributed by atoms with Crippen molar-refractivity contribution in [3.8, 4) is 0 Å². The fraction of sp³-hybridized carbons (Fsp3) is 1.00. The molecule has 0 radical (unpaired) electrons. The van der Waals surface area contributed by atoms with E-state index in [4.69, 9.17) is 0 Å². The highest BCUT2D eigenvalue weighted by Gasteiger charge is 2.26. The monoisotopic (exact) mass is 207 g/mol. The van der Waals surface area contributed by atoms with E-state index in [0.717, 1.165) is 13.1 Å². The molecule has 1 fully saturated rings. The second kappa shape index (κ2) is 4.36. The van der Waals surface area contributed by atoms with Crippen LogP contribution in [0.2, 0.25) is 0 Å². The molecule has 1 saturated heterocycles. The van der Waals surface area contributed by atoms with Gasteiger partial charge in [-0.15, -0.1) is 0 Å². The molecule has 1 rings (SSSR count). The summed E-state index contributed by atoms with van der Waals surface area (Å²) in [6.07, 6.45) is 0. The van der Waals surface area contributed by atoms with E-state index < -0.39 is 10.2 Å². The Morgan fingerprint density at radius 3 is 2.38 bits per heavy atom. The zero-order valence-electron chi connectivity index (χ0n) is 8.15. The molecule has 5 nitrogen and oxygen atoms in total. The van der Waals surface area contributed by atoms with E-state index in [9.17, 15) is 8.42 Å². The molecule has 0 spiro atoms. The molecule has 0 aliphatic carbocycles. The largest absolute Gasteiger partial charge is 0.314 e. The van der Waals surface area contributed by atoms with Crippen LogP contribution in [0.25, 0.3) is 0 Å². The Balaban J connectivity index is 2.67. The van der Waals surface area contributed by atoms with Crippen LogP contribution in [-0.2, 0) is 10.2 Å². The molecule has 6 heteroatoms. The van der Waals surface area contributed by atoms with Gasteiger partial charge in [-0.05, 0) is 0 Å². The van der Waals surface area contributed by atoms with E-state index in [1.165, 1.54) is 8.61 Å². The Morgan fingerprint density at radius 1 is 1.38 bits per heavy atom. The summed E-state index contributed by atoms with van der Waals surface area (Å²) in [6, 6.07) is 0. The molecule has 0 bridgehead atoms. The highest BCUT2D eigenvalue weighted by atomic mass is 32.2. The van der Waals surface area contributed by atoms with Crippen LogP contribution in [-0.4, -0.2) is 56.8 Å². The summed E-state index contributed by atoms with van der Waals surface area (Å²) >= 11 is 0. The molecule has 13 heavy (non-hydrogen) atoms. The van der Waals surface area contributed by atoms with E-state index in [-0.39, 0.29) is 0 Å². The number of nitrogens with one attached hydrogen (secondary N) is 1. The fourth-order valence-electron chi connectivity index (χ4n) is 1.24. The van der Waals surface area contributed by atoms with Crippen molar-refractivity contribution in [2.45, 2.75) is 6.92 Å². The summed E-state index contributed by atoms with van der Waals surface area (Å²) < 4.78 is 26.4. The third-order valence-corrected chi connectivity index (χ3v) is 4.31. The van der Waals surface area contributed by atoms with Gasteiger partial charge in [-0.1, -0.05) is 6.92 Å². The molecular weight excluding hydrogens is 190 g/mol. The number of rotatable bonds is 3. The van der Waals surface area contributed by atoms with Crippen LogP contribution in [0.1, 0.15) is 6.92 Å². The Kier molecular flexibility index (Phi) is 3.66. The maximum atomic E-state index is 11.7. The van der Waals surface area contributed by atoms with Crippen molar-refractivity contribution in [2.75, 3.05) is 39.8 Å². The second-order valence-corrected chi connectivity index (χ2v) is 5.11. The molecule has 1 N–H and O–H groups in total.